The third-order valence-electron chi connectivity index (χ3n) is 4.02. The molecule has 128 valence electrons. The molecular formula is C20H21N3O2. The van der Waals surface area contributed by atoms with E-state index >= 15 is 0 Å². The van der Waals surface area contributed by atoms with Crippen LogP contribution in [0.25, 0.3) is 10.9 Å². The van der Waals surface area contributed by atoms with Crippen LogP contribution in [0.1, 0.15) is 22.3 Å². The standard InChI is InChI=1S/C20H21N3O2/c1-25-22-15-16-7-9-18(10-8-16)20(24)21-12-4-13-23-14-11-17-5-2-3-6-19(17)23/h2-3,5-11,14-15H,4,12-13H2,1H3,(H,21,24)/b22-15+. The zero-order valence-electron chi connectivity index (χ0n) is 14.2. The van der Waals surface area contributed by atoms with Gasteiger partial charge in [-0.1, -0.05) is 35.5 Å². The van der Waals surface area contributed by atoms with Crippen LogP contribution in [0.15, 0.2) is 65.9 Å². The van der Waals surface area contributed by atoms with E-state index in [1.165, 1.54) is 18.0 Å². The zero-order valence-corrected chi connectivity index (χ0v) is 14.2. The zero-order chi connectivity index (χ0) is 17.5. The normalized spacial score (nSPS) is 11.1. The number of hydrogen-bond acceptors (Lipinski definition) is 3. The first-order valence-corrected chi connectivity index (χ1v) is 8.26. The number of aromatic nitrogens is 1. The molecule has 0 fully saturated rings. The fraction of sp³-hybridized carbons (Fsp3) is 0.200. The number of carbonyl (C=O) groups is 1. The second-order valence-corrected chi connectivity index (χ2v) is 5.72. The molecule has 5 heteroatoms. The Hall–Kier alpha value is -3.08. The van der Waals surface area contributed by atoms with E-state index in [9.17, 15) is 4.79 Å². The van der Waals surface area contributed by atoms with E-state index in [2.05, 4.69) is 44.3 Å². The molecule has 1 amide bonds. The predicted octanol–water partition coefficient (Wildman–Crippen LogP) is 3.44. The summed E-state index contributed by atoms with van der Waals surface area (Å²) in [5.74, 6) is -0.0624. The molecule has 1 heterocycles. The Labute approximate surface area is 146 Å². The molecular weight excluding hydrogens is 314 g/mol. The van der Waals surface area contributed by atoms with Crippen molar-refractivity contribution >= 4 is 23.0 Å². The molecule has 0 aliphatic heterocycles. The average molecular weight is 335 g/mol. The number of benzene rings is 2. The van der Waals surface area contributed by atoms with Gasteiger partial charge in [-0.15, -0.1) is 0 Å². The van der Waals surface area contributed by atoms with Crippen LogP contribution in [0.4, 0.5) is 0 Å². The van der Waals surface area contributed by atoms with E-state index in [1.807, 2.05) is 24.3 Å². The highest BCUT2D eigenvalue weighted by atomic mass is 16.6. The van der Waals surface area contributed by atoms with Crippen molar-refractivity contribution in [2.24, 2.45) is 5.16 Å². The topological polar surface area (TPSA) is 55.6 Å². The minimum Gasteiger partial charge on any atom is -0.399 e. The Bertz CT molecular complexity index is 866. The van der Waals surface area contributed by atoms with Crippen LogP contribution >= 0.6 is 0 Å². The fourth-order valence-electron chi connectivity index (χ4n) is 2.72. The van der Waals surface area contributed by atoms with Gasteiger partial charge in [0.05, 0.1) is 6.21 Å². The maximum Gasteiger partial charge on any atom is 0.251 e. The number of para-hydroxylation sites is 1. The summed E-state index contributed by atoms with van der Waals surface area (Å²) in [5, 5.41) is 7.90. The van der Waals surface area contributed by atoms with Gasteiger partial charge in [-0.25, -0.2) is 0 Å². The molecule has 1 N–H and O–H groups in total. The lowest BCUT2D eigenvalue weighted by molar-refractivity contribution is 0.0953. The van der Waals surface area contributed by atoms with Gasteiger partial charge in [-0.3, -0.25) is 4.79 Å². The lowest BCUT2D eigenvalue weighted by atomic mass is 10.1. The lowest BCUT2D eigenvalue weighted by Gasteiger charge is -2.07. The van der Waals surface area contributed by atoms with Crippen molar-refractivity contribution < 1.29 is 9.63 Å². The van der Waals surface area contributed by atoms with Crippen molar-refractivity contribution in [3.05, 3.63) is 71.9 Å². The third-order valence-corrected chi connectivity index (χ3v) is 4.02. The first-order valence-electron chi connectivity index (χ1n) is 8.26. The van der Waals surface area contributed by atoms with Crippen molar-refractivity contribution in [3.63, 3.8) is 0 Å². The third kappa shape index (κ3) is 4.26. The number of fused-ring (bicyclic) bond motifs is 1. The summed E-state index contributed by atoms with van der Waals surface area (Å²) in [6.45, 7) is 1.51. The smallest absolute Gasteiger partial charge is 0.251 e. The predicted molar refractivity (Wildman–Crippen MR) is 99.9 cm³/mol. The fourth-order valence-corrected chi connectivity index (χ4v) is 2.72. The van der Waals surface area contributed by atoms with Gasteiger partial charge < -0.3 is 14.7 Å². The molecule has 0 spiro atoms. The Morgan fingerprint density at radius 3 is 2.76 bits per heavy atom. The maximum absolute atomic E-state index is 12.2. The summed E-state index contributed by atoms with van der Waals surface area (Å²) < 4.78 is 2.21. The largest absolute Gasteiger partial charge is 0.399 e. The van der Waals surface area contributed by atoms with Gasteiger partial charge in [0.25, 0.3) is 5.91 Å². The summed E-state index contributed by atoms with van der Waals surface area (Å²) in [4.78, 5) is 16.8. The second-order valence-electron chi connectivity index (χ2n) is 5.72. The van der Waals surface area contributed by atoms with Crippen molar-refractivity contribution in [1.29, 1.82) is 0 Å². The monoisotopic (exact) mass is 335 g/mol. The van der Waals surface area contributed by atoms with Crippen LogP contribution in [0.2, 0.25) is 0 Å². The van der Waals surface area contributed by atoms with Gasteiger partial charge in [0.15, 0.2) is 0 Å². The van der Waals surface area contributed by atoms with Crippen LogP contribution in [-0.4, -0.2) is 30.3 Å². The molecule has 0 unspecified atom stereocenters. The number of hydrogen-bond donors (Lipinski definition) is 1. The van der Waals surface area contributed by atoms with Crippen molar-refractivity contribution in [1.82, 2.24) is 9.88 Å². The highest BCUT2D eigenvalue weighted by Crippen LogP contribution is 2.15. The number of amides is 1. The highest BCUT2D eigenvalue weighted by Gasteiger charge is 2.05. The van der Waals surface area contributed by atoms with E-state index in [1.54, 1.807) is 18.3 Å². The van der Waals surface area contributed by atoms with Crippen LogP contribution in [0, 0.1) is 0 Å². The van der Waals surface area contributed by atoms with Gasteiger partial charge in [-0.2, -0.15) is 0 Å². The van der Waals surface area contributed by atoms with Crippen LogP contribution in [-0.2, 0) is 11.4 Å². The molecule has 2 aromatic carbocycles. The molecule has 3 rings (SSSR count). The molecule has 5 nitrogen and oxygen atoms in total. The molecule has 0 radical (unpaired) electrons. The Kier molecular flexibility index (Phi) is 5.46. The molecule has 0 aliphatic carbocycles. The Balaban J connectivity index is 1.48. The molecule has 25 heavy (non-hydrogen) atoms. The van der Waals surface area contributed by atoms with Crippen LogP contribution in [0.3, 0.4) is 0 Å². The van der Waals surface area contributed by atoms with Gasteiger partial charge in [0.1, 0.15) is 7.11 Å². The molecule has 1 aromatic heterocycles. The van der Waals surface area contributed by atoms with E-state index in [0.29, 0.717) is 12.1 Å². The molecule has 0 atom stereocenters. The van der Waals surface area contributed by atoms with Crippen molar-refractivity contribution in [3.8, 4) is 0 Å². The molecule has 0 saturated heterocycles. The summed E-state index contributed by atoms with van der Waals surface area (Å²) in [5.41, 5.74) is 2.75. The van der Waals surface area contributed by atoms with Crippen molar-refractivity contribution in [2.45, 2.75) is 13.0 Å². The summed E-state index contributed by atoms with van der Waals surface area (Å²) in [6, 6.07) is 17.7. The molecule has 3 aromatic rings. The SMILES string of the molecule is CO/N=C/c1ccc(C(=O)NCCCn2ccc3ccccc32)cc1. The maximum atomic E-state index is 12.2. The average Bonchev–Trinajstić information content (AvgIpc) is 3.07. The lowest BCUT2D eigenvalue weighted by Crippen LogP contribution is -2.25. The van der Waals surface area contributed by atoms with Crippen LogP contribution in [0.5, 0.6) is 0 Å². The highest BCUT2D eigenvalue weighted by molar-refractivity contribution is 5.95. The number of carbonyl (C=O) groups excluding carboxylic acids is 1. The quantitative estimate of drug-likeness (QED) is 0.408. The number of nitrogens with zero attached hydrogens (tertiary/aromatic N) is 2. The number of aryl methyl sites for hydroxylation is 1. The number of nitrogens with one attached hydrogen (secondary N) is 1. The minimum absolute atomic E-state index is 0.0624. The first-order chi connectivity index (χ1) is 12.3. The number of oxime groups is 1. The second kappa shape index (κ2) is 8.15. The summed E-state index contributed by atoms with van der Waals surface area (Å²) >= 11 is 0. The molecule has 0 saturated carbocycles. The summed E-state index contributed by atoms with van der Waals surface area (Å²) in [7, 11) is 1.49. The number of rotatable bonds is 7. The molecule has 0 bridgehead atoms. The van der Waals surface area contributed by atoms with E-state index in [0.717, 1.165) is 18.5 Å². The minimum atomic E-state index is -0.0624. The van der Waals surface area contributed by atoms with Crippen molar-refractivity contribution in [2.75, 3.05) is 13.7 Å². The molecule has 0 aliphatic rings. The first kappa shape index (κ1) is 16.8. The van der Waals surface area contributed by atoms with E-state index in [-0.39, 0.29) is 5.91 Å². The van der Waals surface area contributed by atoms with E-state index in [4.69, 9.17) is 0 Å². The van der Waals surface area contributed by atoms with E-state index < -0.39 is 0 Å². The Morgan fingerprint density at radius 2 is 1.96 bits per heavy atom. The van der Waals surface area contributed by atoms with Gasteiger partial charge >= 0.3 is 0 Å². The van der Waals surface area contributed by atoms with Gasteiger partial charge in [0.2, 0.25) is 0 Å². The Morgan fingerprint density at radius 1 is 1.16 bits per heavy atom. The summed E-state index contributed by atoms with van der Waals surface area (Å²) in [6.07, 6.45) is 4.57. The van der Waals surface area contributed by atoms with Gasteiger partial charge in [-0.05, 0) is 41.6 Å². The van der Waals surface area contributed by atoms with Gasteiger partial charge in [0, 0.05) is 30.4 Å². The van der Waals surface area contributed by atoms with Crippen LogP contribution < -0.4 is 5.32 Å².